The summed E-state index contributed by atoms with van der Waals surface area (Å²) in [5.41, 5.74) is -1.44. The lowest BCUT2D eigenvalue weighted by atomic mass is 10.0. The van der Waals surface area contributed by atoms with Crippen LogP contribution in [0.25, 0.3) is 0 Å². The van der Waals surface area contributed by atoms with Gasteiger partial charge in [0.2, 0.25) is 0 Å². The van der Waals surface area contributed by atoms with E-state index in [0.29, 0.717) is 0 Å². The first-order chi connectivity index (χ1) is 7.17. The molecule has 0 saturated heterocycles. The largest absolute Gasteiger partial charge is 0.394 e. The van der Waals surface area contributed by atoms with E-state index in [0.717, 1.165) is 0 Å². The molecular formula is C7H12N4O4. The van der Waals surface area contributed by atoms with Crippen LogP contribution in [0.15, 0.2) is 6.20 Å². The third kappa shape index (κ3) is 2.49. The third-order valence-electron chi connectivity index (χ3n) is 1.93. The number of aromatic amines is 1. The lowest BCUT2D eigenvalue weighted by Gasteiger charge is -2.28. The molecule has 0 spiro atoms. The first-order valence-corrected chi connectivity index (χ1v) is 4.18. The number of aliphatic hydroxyl groups excluding tert-OH is 3. The van der Waals surface area contributed by atoms with Gasteiger partial charge in [0.1, 0.15) is 5.54 Å². The zero-order chi connectivity index (χ0) is 11.3. The molecule has 8 nitrogen and oxygen atoms in total. The van der Waals surface area contributed by atoms with Gasteiger partial charge in [-0.25, -0.2) is 0 Å². The standard InChI is InChI=1S/C7H12N4O4/c12-2-7(3-13,4-14)9-6(15)5-1-8-11-10-5/h1,12-14H,2-4H2,(H,9,15)(H,8,10,11). The summed E-state index contributed by atoms with van der Waals surface area (Å²) in [6, 6.07) is 0. The molecular weight excluding hydrogens is 204 g/mol. The van der Waals surface area contributed by atoms with Crippen molar-refractivity contribution in [3.8, 4) is 0 Å². The topological polar surface area (TPSA) is 131 Å². The van der Waals surface area contributed by atoms with Crippen LogP contribution in [0.5, 0.6) is 0 Å². The fourth-order valence-electron chi connectivity index (χ4n) is 0.884. The van der Waals surface area contributed by atoms with Crippen molar-refractivity contribution in [3.05, 3.63) is 11.9 Å². The fourth-order valence-corrected chi connectivity index (χ4v) is 0.884. The van der Waals surface area contributed by atoms with Crippen molar-refractivity contribution in [2.45, 2.75) is 5.54 Å². The van der Waals surface area contributed by atoms with E-state index in [4.69, 9.17) is 15.3 Å². The van der Waals surface area contributed by atoms with Crippen LogP contribution in [0.4, 0.5) is 0 Å². The summed E-state index contributed by atoms with van der Waals surface area (Å²) < 4.78 is 0. The van der Waals surface area contributed by atoms with E-state index in [2.05, 4.69) is 20.7 Å². The molecule has 0 bridgehead atoms. The molecule has 1 aromatic heterocycles. The Kier molecular flexibility index (Phi) is 3.72. The second kappa shape index (κ2) is 4.82. The monoisotopic (exact) mass is 216 g/mol. The number of amides is 1. The maximum Gasteiger partial charge on any atom is 0.274 e. The van der Waals surface area contributed by atoms with E-state index in [1.165, 1.54) is 6.20 Å². The van der Waals surface area contributed by atoms with E-state index >= 15 is 0 Å². The molecule has 8 heteroatoms. The van der Waals surface area contributed by atoms with Crippen molar-refractivity contribution in [1.29, 1.82) is 0 Å². The third-order valence-corrected chi connectivity index (χ3v) is 1.93. The van der Waals surface area contributed by atoms with Crippen LogP contribution in [0.3, 0.4) is 0 Å². The number of carbonyl (C=O) groups is 1. The Morgan fingerprint density at radius 3 is 2.40 bits per heavy atom. The molecule has 0 radical (unpaired) electrons. The first kappa shape index (κ1) is 11.6. The molecule has 0 saturated carbocycles. The summed E-state index contributed by atoms with van der Waals surface area (Å²) in [5, 5.41) is 38.3. The molecule has 84 valence electrons. The van der Waals surface area contributed by atoms with Gasteiger partial charge in [-0.2, -0.15) is 15.4 Å². The molecule has 0 aliphatic carbocycles. The Labute approximate surface area is 84.9 Å². The normalized spacial score (nSPS) is 11.4. The predicted octanol–water partition coefficient (Wildman–Crippen LogP) is -2.75. The summed E-state index contributed by atoms with van der Waals surface area (Å²) in [7, 11) is 0. The number of nitrogens with zero attached hydrogens (tertiary/aromatic N) is 2. The predicted molar refractivity (Wildman–Crippen MR) is 47.8 cm³/mol. The van der Waals surface area contributed by atoms with Gasteiger partial charge in [-0.05, 0) is 0 Å². The zero-order valence-electron chi connectivity index (χ0n) is 7.84. The van der Waals surface area contributed by atoms with Crippen LogP contribution < -0.4 is 5.32 Å². The van der Waals surface area contributed by atoms with E-state index in [1.54, 1.807) is 0 Å². The van der Waals surface area contributed by atoms with Crippen molar-refractivity contribution in [3.63, 3.8) is 0 Å². The molecule has 0 fully saturated rings. The van der Waals surface area contributed by atoms with Crippen molar-refractivity contribution in [2.24, 2.45) is 0 Å². The number of H-pyrrole nitrogens is 1. The molecule has 1 heterocycles. The van der Waals surface area contributed by atoms with Crippen LogP contribution >= 0.6 is 0 Å². The van der Waals surface area contributed by atoms with Gasteiger partial charge in [-0.15, -0.1) is 0 Å². The van der Waals surface area contributed by atoms with Crippen molar-refractivity contribution in [2.75, 3.05) is 19.8 Å². The molecule has 1 aromatic rings. The summed E-state index contributed by atoms with van der Waals surface area (Å²) in [5.74, 6) is -0.638. The molecule has 0 atom stereocenters. The van der Waals surface area contributed by atoms with Gasteiger partial charge in [-0.3, -0.25) is 4.79 Å². The lowest BCUT2D eigenvalue weighted by molar-refractivity contribution is 0.0373. The highest BCUT2D eigenvalue weighted by atomic mass is 16.3. The van der Waals surface area contributed by atoms with Crippen LogP contribution in [0, 0.1) is 0 Å². The van der Waals surface area contributed by atoms with Crippen LogP contribution in [0.2, 0.25) is 0 Å². The average molecular weight is 216 g/mol. The Morgan fingerprint density at radius 2 is 2.00 bits per heavy atom. The second-order valence-corrected chi connectivity index (χ2v) is 3.06. The van der Waals surface area contributed by atoms with Gasteiger partial charge in [-0.1, -0.05) is 0 Å². The van der Waals surface area contributed by atoms with Gasteiger partial charge < -0.3 is 20.6 Å². The Bertz CT molecular complexity index is 301. The first-order valence-electron chi connectivity index (χ1n) is 4.18. The SMILES string of the molecule is O=C(NC(CO)(CO)CO)c1cn[nH]n1. The number of hydrogen-bond donors (Lipinski definition) is 5. The van der Waals surface area contributed by atoms with Crippen molar-refractivity contribution >= 4 is 5.91 Å². The minimum absolute atomic E-state index is 0.00900. The van der Waals surface area contributed by atoms with Gasteiger partial charge in [0.05, 0.1) is 26.0 Å². The number of hydrogen-bond acceptors (Lipinski definition) is 6. The summed E-state index contributed by atoms with van der Waals surface area (Å²) in [6.07, 6.45) is 1.19. The van der Waals surface area contributed by atoms with E-state index in [1.807, 2.05) is 0 Å². The molecule has 0 aliphatic rings. The minimum Gasteiger partial charge on any atom is -0.394 e. The Hall–Kier alpha value is -1.51. The van der Waals surface area contributed by atoms with Crippen molar-refractivity contribution < 1.29 is 20.1 Å². The maximum atomic E-state index is 11.4. The molecule has 5 N–H and O–H groups in total. The highest BCUT2D eigenvalue weighted by molar-refractivity contribution is 5.92. The second-order valence-electron chi connectivity index (χ2n) is 3.06. The van der Waals surface area contributed by atoms with Gasteiger partial charge >= 0.3 is 0 Å². The van der Waals surface area contributed by atoms with Crippen LogP contribution in [-0.4, -0.2) is 62.0 Å². The summed E-state index contributed by atoms with van der Waals surface area (Å²) >= 11 is 0. The van der Waals surface area contributed by atoms with E-state index < -0.39 is 31.3 Å². The van der Waals surface area contributed by atoms with E-state index in [-0.39, 0.29) is 5.69 Å². The molecule has 15 heavy (non-hydrogen) atoms. The van der Waals surface area contributed by atoms with Gasteiger partial charge in [0.15, 0.2) is 5.69 Å². The number of rotatable bonds is 5. The molecule has 1 amide bonds. The number of carbonyl (C=O) groups excluding carboxylic acids is 1. The van der Waals surface area contributed by atoms with Gasteiger partial charge in [0.25, 0.3) is 5.91 Å². The zero-order valence-corrected chi connectivity index (χ0v) is 7.84. The summed E-state index contributed by atoms with van der Waals surface area (Å²) in [6.45, 7) is -1.74. The maximum absolute atomic E-state index is 11.4. The quantitative estimate of drug-likeness (QED) is 0.362. The Balaban J connectivity index is 2.71. The minimum atomic E-state index is -1.45. The fraction of sp³-hybridized carbons (Fsp3) is 0.571. The molecule has 1 rings (SSSR count). The summed E-state index contributed by atoms with van der Waals surface area (Å²) in [4.78, 5) is 11.4. The lowest BCUT2D eigenvalue weighted by Crippen LogP contribution is -2.57. The Morgan fingerprint density at radius 1 is 1.40 bits per heavy atom. The average Bonchev–Trinajstić information content (AvgIpc) is 2.79. The highest BCUT2D eigenvalue weighted by Gasteiger charge is 2.30. The van der Waals surface area contributed by atoms with Crippen LogP contribution in [-0.2, 0) is 0 Å². The smallest absolute Gasteiger partial charge is 0.274 e. The molecule has 0 aliphatic heterocycles. The molecule has 0 unspecified atom stereocenters. The highest BCUT2D eigenvalue weighted by Crippen LogP contribution is 2.03. The van der Waals surface area contributed by atoms with Gasteiger partial charge in [0, 0.05) is 0 Å². The van der Waals surface area contributed by atoms with Crippen molar-refractivity contribution in [1.82, 2.24) is 20.7 Å². The molecule has 0 aromatic carbocycles. The number of nitrogens with one attached hydrogen (secondary N) is 2. The van der Waals surface area contributed by atoms with E-state index in [9.17, 15) is 4.79 Å². The van der Waals surface area contributed by atoms with Crippen LogP contribution in [0.1, 0.15) is 10.5 Å². The number of aromatic nitrogens is 3. The number of aliphatic hydroxyl groups is 3.